The van der Waals surface area contributed by atoms with Crippen LogP contribution in [-0.4, -0.2) is 22.2 Å². The van der Waals surface area contributed by atoms with Crippen LogP contribution in [-0.2, 0) is 12.8 Å². The van der Waals surface area contributed by atoms with Crippen molar-refractivity contribution in [1.82, 2.24) is 0 Å². The predicted molar refractivity (Wildman–Crippen MR) is 77.1 cm³/mol. The van der Waals surface area contributed by atoms with Gasteiger partial charge in [0.05, 0.1) is 0 Å². The van der Waals surface area contributed by atoms with E-state index in [-0.39, 0.29) is 11.3 Å². The Morgan fingerprint density at radius 2 is 1.35 bits per heavy atom. The molecule has 0 radical (unpaired) electrons. The lowest BCUT2D eigenvalue weighted by Gasteiger charge is -2.16. The maximum atomic E-state index is 11.2. The van der Waals surface area contributed by atoms with E-state index in [0.717, 1.165) is 11.1 Å². The van der Waals surface area contributed by atoms with Gasteiger partial charge >= 0.3 is 0 Å². The van der Waals surface area contributed by atoms with Crippen LogP contribution in [0.15, 0.2) is 60.7 Å². The molecule has 0 fully saturated rings. The average molecular weight is 271 g/mol. The van der Waals surface area contributed by atoms with E-state index in [9.17, 15) is 15.2 Å². The minimum atomic E-state index is -0.993. The highest BCUT2D eigenvalue weighted by molar-refractivity contribution is 5.18. The largest absolute Gasteiger partial charge is 0.386 e. The van der Waals surface area contributed by atoms with Crippen molar-refractivity contribution < 1.29 is 10.0 Å². The highest BCUT2D eigenvalue weighted by Crippen LogP contribution is 2.13. The summed E-state index contributed by atoms with van der Waals surface area (Å²) in [5, 5.41) is 21.3. The summed E-state index contributed by atoms with van der Waals surface area (Å²) >= 11 is 0. The SMILES string of the molecule is O=[N+]([O-])[C@H](Cc1ccccc1)[C@@H](O)Cc1ccccc1. The van der Waals surface area contributed by atoms with Crippen LogP contribution in [0.4, 0.5) is 0 Å². The van der Waals surface area contributed by atoms with Crippen LogP contribution in [0.3, 0.4) is 0 Å². The molecule has 4 heteroatoms. The molecule has 0 aliphatic carbocycles. The second kappa shape index (κ2) is 6.82. The van der Waals surface area contributed by atoms with Gasteiger partial charge in [-0.3, -0.25) is 10.1 Å². The van der Waals surface area contributed by atoms with Gasteiger partial charge < -0.3 is 5.11 Å². The zero-order valence-corrected chi connectivity index (χ0v) is 11.1. The van der Waals surface area contributed by atoms with E-state index in [0.29, 0.717) is 6.42 Å². The van der Waals surface area contributed by atoms with Gasteiger partial charge in [-0.25, -0.2) is 0 Å². The minimum Gasteiger partial charge on any atom is -0.386 e. The van der Waals surface area contributed by atoms with Crippen LogP contribution in [0.1, 0.15) is 11.1 Å². The fourth-order valence-corrected chi connectivity index (χ4v) is 2.20. The molecule has 2 aromatic rings. The summed E-state index contributed by atoms with van der Waals surface area (Å²) in [5.74, 6) is 0. The molecule has 0 aliphatic heterocycles. The van der Waals surface area contributed by atoms with Crippen LogP contribution >= 0.6 is 0 Å². The van der Waals surface area contributed by atoms with Gasteiger partial charge in [-0.05, 0) is 11.1 Å². The molecule has 0 saturated heterocycles. The molecule has 2 atom stereocenters. The molecule has 0 heterocycles. The zero-order valence-electron chi connectivity index (χ0n) is 11.1. The molecular weight excluding hydrogens is 254 g/mol. The molecule has 20 heavy (non-hydrogen) atoms. The van der Waals surface area contributed by atoms with Gasteiger partial charge in [0, 0.05) is 17.8 Å². The number of nitro groups is 1. The number of hydrogen-bond acceptors (Lipinski definition) is 3. The molecule has 0 aromatic heterocycles. The summed E-state index contributed by atoms with van der Waals surface area (Å²) in [4.78, 5) is 10.8. The number of benzene rings is 2. The third kappa shape index (κ3) is 3.90. The van der Waals surface area contributed by atoms with Crippen LogP contribution in [0, 0.1) is 10.1 Å². The summed E-state index contributed by atoms with van der Waals surface area (Å²) in [5.41, 5.74) is 1.77. The van der Waals surface area contributed by atoms with Crippen molar-refractivity contribution in [2.24, 2.45) is 0 Å². The molecule has 0 spiro atoms. The number of rotatable bonds is 6. The molecule has 2 rings (SSSR count). The van der Waals surface area contributed by atoms with Gasteiger partial charge in [0.15, 0.2) is 0 Å². The van der Waals surface area contributed by atoms with E-state index in [4.69, 9.17) is 0 Å². The molecular formula is C16H17NO3. The number of nitrogens with zero attached hydrogens (tertiary/aromatic N) is 1. The number of aliphatic hydroxyl groups excluding tert-OH is 1. The van der Waals surface area contributed by atoms with Crippen molar-refractivity contribution in [3.63, 3.8) is 0 Å². The smallest absolute Gasteiger partial charge is 0.242 e. The molecule has 0 aliphatic rings. The van der Waals surface area contributed by atoms with E-state index < -0.39 is 12.1 Å². The monoisotopic (exact) mass is 271 g/mol. The second-order valence-corrected chi connectivity index (χ2v) is 4.80. The molecule has 104 valence electrons. The minimum absolute atomic E-state index is 0.238. The lowest BCUT2D eigenvalue weighted by molar-refractivity contribution is -0.533. The van der Waals surface area contributed by atoms with Crippen LogP contribution in [0.25, 0.3) is 0 Å². The maximum absolute atomic E-state index is 11.2. The van der Waals surface area contributed by atoms with Crippen molar-refractivity contribution in [2.45, 2.75) is 25.0 Å². The maximum Gasteiger partial charge on any atom is 0.242 e. The Kier molecular flexibility index (Phi) is 4.85. The summed E-state index contributed by atoms with van der Waals surface area (Å²) in [6.07, 6.45) is -0.464. The first-order valence-corrected chi connectivity index (χ1v) is 6.56. The van der Waals surface area contributed by atoms with Crippen molar-refractivity contribution in [3.05, 3.63) is 81.9 Å². The van der Waals surface area contributed by atoms with Gasteiger partial charge in [0.25, 0.3) is 0 Å². The second-order valence-electron chi connectivity index (χ2n) is 4.80. The van der Waals surface area contributed by atoms with Crippen LogP contribution in [0.5, 0.6) is 0 Å². The lowest BCUT2D eigenvalue weighted by Crippen LogP contribution is -2.37. The van der Waals surface area contributed by atoms with E-state index in [1.807, 2.05) is 60.7 Å². The Bertz CT molecular complexity index is 542. The first-order chi connectivity index (χ1) is 9.66. The van der Waals surface area contributed by atoms with Gasteiger partial charge in [-0.1, -0.05) is 60.7 Å². The van der Waals surface area contributed by atoms with Gasteiger partial charge in [-0.2, -0.15) is 0 Å². The quantitative estimate of drug-likeness (QED) is 0.648. The molecule has 0 amide bonds. The van der Waals surface area contributed by atoms with E-state index >= 15 is 0 Å². The molecule has 0 unspecified atom stereocenters. The van der Waals surface area contributed by atoms with E-state index in [2.05, 4.69) is 0 Å². The van der Waals surface area contributed by atoms with E-state index in [1.54, 1.807) is 0 Å². The molecule has 0 bridgehead atoms. The Morgan fingerprint density at radius 3 is 1.80 bits per heavy atom. The third-order valence-corrected chi connectivity index (χ3v) is 3.29. The number of hydrogen-bond donors (Lipinski definition) is 1. The fraction of sp³-hybridized carbons (Fsp3) is 0.250. The zero-order chi connectivity index (χ0) is 14.4. The molecule has 4 nitrogen and oxygen atoms in total. The standard InChI is InChI=1S/C16H17NO3/c18-16(12-14-9-5-2-6-10-14)15(17(19)20)11-13-7-3-1-4-8-13/h1-10,15-16,18H,11-12H2/t15-,16+/m1/s1. The van der Waals surface area contributed by atoms with Gasteiger partial charge in [0.2, 0.25) is 6.04 Å². The first-order valence-electron chi connectivity index (χ1n) is 6.56. The lowest BCUT2D eigenvalue weighted by atomic mass is 9.97. The normalized spacial score (nSPS) is 13.7. The Hall–Kier alpha value is -2.20. The van der Waals surface area contributed by atoms with Crippen molar-refractivity contribution in [1.29, 1.82) is 0 Å². The van der Waals surface area contributed by atoms with Crippen LogP contribution < -0.4 is 0 Å². The van der Waals surface area contributed by atoms with E-state index in [1.165, 1.54) is 0 Å². The molecule has 0 saturated carbocycles. The Balaban J connectivity index is 2.06. The number of aliphatic hydroxyl groups is 1. The summed E-state index contributed by atoms with van der Waals surface area (Å²) < 4.78 is 0. The Labute approximate surface area is 117 Å². The highest BCUT2D eigenvalue weighted by atomic mass is 16.6. The first kappa shape index (κ1) is 14.2. The van der Waals surface area contributed by atoms with Crippen LogP contribution in [0.2, 0.25) is 0 Å². The highest BCUT2D eigenvalue weighted by Gasteiger charge is 2.30. The van der Waals surface area contributed by atoms with Gasteiger partial charge in [0.1, 0.15) is 6.10 Å². The fourth-order valence-electron chi connectivity index (χ4n) is 2.20. The predicted octanol–water partition coefficient (Wildman–Crippen LogP) is 2.48. The topological polar surface area (TPSA) is 63.4 Å². The molecule has 2 aromatic carbocycles. The van der Waals surface area contributed by atoms with Crippen molar-refractivity contribution in [3.8, 4) is 0 Å². The van der Waals surface area contributed by atoms with Crippen molar-refractivity contribution in [2.75, 3.05) is 0 Å². The molecule has 1 N–H and O–H groups in total. The third-order valence-electron chi connectivity index (χ3n) is 3.29. The summed E-state index contributed by atoms with van der Waals surface area (Å²) in [6, 6.07) is 17.6. The van der Waals surface area contributed by atoms with Crippen molar-refractivity contribution >= 4 is 0 Å². The average Bonchev–Trinajstić information content (AvgIpc) is 2.46. The van der Waals surface area contributed by atoms with Gasteiger partial charge in [-0.15, -0.1) is 0 Å². The summed E-state index contributed by atoms with van der Waals surface area (Å²) in [6.45, 7) is 0. The Morgan fingerprint density at radius 1 is 0.900 bits per heavy atom. The summed E-state index contributed by atoms with van der Waals surface area (Å²) in [7, 11) is 0.